The van der Waals surface area contributed by atoms with Crippen molar-refractivity contribution in [1.29, 1.82) is 0 Å². The summed E-state index contributed by atoms with van der Waals surface area (Å²) in [7, 11) is 0. The maximum atomic E-state index is 12.8. The lowest BCUT2D eigenvalue weighted by atomic mass is 10.00. The molecule has 0 bridgehead atoms. The maximum absolute atomic E-state index is 12.8. The molecule has 0 unspecified atom stereocenters. The van der Waals surface area contributed by atoms with Crippen LogP contribution in [0.2, 0.25) is 0 Å². The molecule has 6 nitrogen and oxygen atoms in total. The van der Waals surface area contributed by atoms with Gasteiger partial charge in [0.25, 0.3) is 0 Å². The quantitative estimate of drug-likeness (QED) is 0.486. The van der Waals surface area contributed by atoms with Gasteiger partial charge in [0.15, 0.2) is 0 Å². The zero-order valence-corrected chi connectivity index (χ0v) is 17.8. The zero-order valence-electron chi connectivity index (χ0n) is 17.8. The van der Waals surface area contributed by atoms with Crippen molar-refractivity contribution in [1.82, 2.24) is 10.6 Å². The number of carboxylic acids is 1. The second-order valence-corrected chi connectivity index (χ2v) is 7.61. The Labute approximate surface area is 187 Å². The first kappa shape index (κ1) is 22.7. The van der Waals surface area contributed by atoms with Crippen molar-refractivity contribution in [3.63, 3.8) is 0 Å². The molecule has 0 radical (unpaired) electrons. The lowest BCUT2D eigenvalue weighted by Crippen LogP contribution is -2.52. The Morgan fingerprint density at radius 3 is 1.75 bits per heavy atom. The van der Waals surface area contributed by atoms with Gasteiger partial charge in [-0.15, -0.1) is 0 Å². The summed E-state index contributed by atoms with van der Waals surface area (Å²) in [6.07, 6.45) is 0.401. The number of aliphatic carboxylic acids is 1. The number of hydrogen-bond acceptors (Lipinski definition) is 3. The molecule has 6 heteroatoms. The van der Waals surface area contributed by atoms with E-state index in [1.807, 2.05) is 84.9 Å². The highest BCUT2D eigenvalue weighted by atomic mass is 16.4. The summed E-state index contributed by atoms with van der Waals surface area (Å²) in [6, 6.07) is 24.7. The van der Waals surface area contributed by atoms with E-state index in [2.05, 4.69) is 10.6 Å². The molecule has 3 aromatic rings. The summed E-state index contributed by atoms with van der Waals surface area (Å²) in [6.45, 7) is 1.33. The first-order valence-corrected chi connectivity index (χ1v) is 10.4. The average molecular weight is 431 g/mol. The molecule has 2 amide bonds. The van der Waals surface area contributed by atoms with Gasteiger partial charge < -0.3 is 15.7 Å². The lowest BCUT2D eigenvalue weighted by molar-refractivity contribution is -0.142. The number of carboxylic acid groups (broad SMARTS) is 1. The molecule has 3 aromatic carbocycles. The molecule has 0 heterocycles. The zero-order chi connectivity index (χ0) is 22.9. The largest absolute Gasteiger partial charge is 0.480 e. The number of hydrogen-bond donors (Lipinski definition) is 3. The monoisotopic (exact) mass is 430 g/mol. The van der Waals surface area contributed by atoms with Crippen LogP contribution >= 0.6 is 0 Å². The Kier molecular flexibility index (Phi) is 7.75. The van der Waals surface area contributed by atoms with Crippen molar-refractivity contribution in [2.45, 2.75) is 31.8 Å². The predicted molar refractivity (Wildman–Crippen MR) is 123 cm³/mol. The van der Waals surface area contributed by atoms with Crippen LogP contribution in [-0.4, -0.2) is 35.0 Å². The van der Waals surface area contributed by atoms with E-state index >= 15 is 0 Å². The molecule has 0 saturated carbocycles. The second-order valence-electron chi connectivity index (χ2n) is 7.61. The second kappa shape index (κ2) is 10.9. The number of carbonyl (C=O) groups excluding carboxylic acids is 2. The van der Waals surface area contributed by atoms with Crippen LogP contribution in [0.4, 0.5) is 0 Å². The molecule has 0 aliphatic carbocycles. The minimum atomic E-state index is -1.13. The molecule has 0 spiro atoms. The highest BCUT2D eigenvalue weighted by Crippen LogP contribution is 2.19. The fourth-order valence-corrected chi connectivity index (χ4v) is 3.48. The SMILES string of the molecule is CC(=O)N[C@H](Cc1ccccc1)C(=O)N[C@H](Cc1ccc(-c2ccccc2)cc1)C(=O)O. The summed E-state index contributed by atoms with van der Waals surface area (Å²) in [5, 5.41) is 14.9. The maximum Gasteiger partial charge on any atom is 0.326 e. The highest BCUT2D eigenvalue weighted by molar-refractivity contribution is 5.90. The van der Waals surface area contributed by atoms with Crippen molar-refractivity contribution in [2.24, 2.45) is 0 Å². The van der Waals surface area contributed by atoms with Crippen molar-refractivity contribution < 1.29 is 19.5 Å². The molecule has 0 aliphatic heterocycles. The standard InChI is InChI=1S/C26H26N2O4/c1-18(29)27-23(16-19-8-4-2-5-9-19)25(30)28-24(26(31)32)17-20-12-14-22(15-13-20)21-10-6-3-7-11-21/h2-15,23-24H,16-17H2,1H3,(H,27,29)(H,28,30)(H,31,32)/t23-,24-/m1/s1. The van der Waals surface area contributed by atoms with E-state index in [4.69, 9.17) is 0 Å². The van der Waals surface area contributed by atoms with E-state index in [-0.39, 0.29) is 18.7 Å². The molecule has 3 N–H and O–H groups in total. The van der Waals surface area contributed by atoms with Crippen LogP contribution in [-0.2, 0) is 27.2 Å². The van der Waals surface area contributed by atoms with Crippen LogP contribution in [0.15, 0.2) is 84.9 Å². The van der Waals surface area contributed by atoms with Crippen LogP contribution in [0.3, 0.4) is 0 Å². The summed E-state index contributed by atoms with van der Waals surface area (Å²) >= 11 is 0. The van der Waals surface area contributed by atoms with Gasteiger partial charge in [-0.3, -0.25) is 9.59 Å². The molecule has 2 atom stereocenters. The number of nitrogens with one attached hydrogen (secondary N) is 2. The predicted octanol–water partition coefficient (Wildman–Crippen LogP) is 3.21. The highest BCUT2D eigenvalue weighted by Gasteiger charge is 2.26. The van der Waals surface area contributed by atoms with Gasteiger partial charge in [0, 0.05) is 19.8 Å². The van der Waals surface area contributed by atoms with E-state index < -0.39 is 24.0 Å². The van der Waals surface area contributed by atoms with E-state index in [1.54, 1.807) is 0 Å². The van der Waals surface area contributed by atoms with Crippen molar-refractivity contribution in [3.05, 3.63) is 96.1 Å². The minimum Gasteiger partial charge on any atom is -0.480 e. The van der Waals surface area contributed by atoms with Gasteiger partial charge in [-0.25, -0.2) is 4.79 Å². The number of carbonyl (C=O) groups is 3. The van der Waals surface area contributed by atoms with Gasteiger partial charge in [-0.05, 0) is 22.3 Å². The van der Waals surface area contributed by atoms with E-state index in [0.29, 0.717) is 0 Å². The minimum absolute atomic E-state index is 0.133. The first-order valence-electron chi connectivity index (χ1n) is 10.4. The van der Waals surface area contributed by atoms with Gasteiger partial charge in [-0.1, -0.05) is 84.9 Å². The summed E-state index contributed by atoms with van der Waals surface area (Å²) in [5.41, 5.74) is 3.75. The Hall–Kier alpha value is -3.93. The number of benzene rings is 3. The van der Waals surface area contributed by atoms with Gasteiger partial charge in [0.1, 0.15) is 12.1 Å². The molecule has 0 saturated heterocycles. The third kappa shape index (κ3) is 6.54. The summed E-state index contributed by atoms with van der Waals surface area (Å²) in [5.74, 6) is -2.02. The molecular formula is C26H26N2O4. The number of rotatable bonds is 9. The van der Waals surface area contributed by atoms with Gasteiger partial charge >= 0.3 is 5.97 Å². The smallest absolute Gasteiger partial charge is 0.326 e. The molecule has 0 aliphatic rings. The molecule has 32 heavy (non-hydrogen) atoms. The van der Waals surface area contributed by atoms with E-state index in [1.165, 1.54) is 6.92 Å². The fourth-order valence-electron chi connectivity index (χ4n) is 3.48. The van der Waals surface area contributed by atoms with Crippen LogP contribution in [0.25, 0.3) is 11.1 Å². The van der Waals surface area contributed by atoms with Gasteiger partial charge in [-0.2, -0.15) is 0 Å². The van der Waals surface area contributed by atoms with Crippen LogP contribution in [0, 0.1) is 0 Å². The van der Waals surface area contributed by atoms with Crippen LogP contribution in [0.5, 0.6) is 0 Å². The van der Waals surface area contributed by atoms with Crippen LogP contribution in [0.1, 0.15) is 18.1 Å². The third-order valence-electron chi connectivity index (χ3n) is 5.09. The van der Waals surface area contributed by atoms with Crippen LogP contribution < -0.4 is 10.6 Å². The molecule has 164 valence electrons. The van der Waals surface area contributed by atoms with E-state index in [9.17, 15) is 19.5 Å². The van der Waals surface area contributed by atoms with E-state index in [0.717, 1.165) is 22.3 Å². The van der Waals surface area contributed by atoms with Crippen molar-refractivity contribution in [3.8, 4) is 11.1 Å². The molecule has 0 fully saturated rings. The normalized spacial score (nSPS) is 12.4. The Balaban J connectivity index is 1.69. The van der Waals surface area contributed by atoms with Crippen molar-refractivity contribution in [2.75, 3.05) is 0 Å². The van der Waals surface area contributed by atoms with Crippen molar-refractivity contribution >= 4 is 17.8 Å². The third-order valence-corrected chi connectivity index (χ3v) is 5.09. The summed E-state index contributed by atoms with van der Waals surface area (Å²) < 4.78 is 0. The molecule has 0 aromatic heterocycles. The fraction of sp³-hybridized carbons (Fsp3) is 0.192. The molecule has 3 rings (SSSR count). The summed E-state index contributed by atoms with van der Waals surface area (Å²) in [4.78, 5) is 36.3. The average Bonchev–Trinajstić information content (AvgIpc) is 2.79. The van der Waals surface area contributed by atoms with Gasteiger partial charge in [0.2, 0.25) is 11.8 Å². The Bertz CT molecular complexity index is 1050. The first-order chi connectivity index (χ1) is 15.4. The Morgan fingerprint density at radius 1 is 0.688 bits per heavy atom. The Morgan fingerprint density at radius 2 is 1.19 bits per heavy atom. The molecular weight excluding hydrogens is 404 g/mol. The lowest BCUT2D eigenvalue weighted by Gasteiger charge is -2.21. The number of amides is 2. The topological polar surface area (TPSA) is 95.5 Å². The van der Waals surface area contributed by atoms with Gasteiger partial charge in [0.05, 0.1) is 0 Å².